The second-order valence-corrected chi connectivity index (χ2v) is 6.76. The van der Waals surface area contributed by atoms with Crippen molar-refractivity contribution in [3.63, 3.8) is 0 Å². The number of halogens is 2. The molecule has 2 rings (SSSR count). The van der Waals surface area contributed by atoms with Crippen molar-refractivity contribution in [2.24, 2.45) is 0 Å². The van der Waals surface area contributed by atoms with E-state index in [1.807, 2.05) is 18.2 Å². The van der Waals surface area contributed by atoms with Crippen LogP contribution in [-0.2, 0) is 0 Å². The molecule has 0 aliphatic rings. The standard InChI is InChI=1S/C14H15BrClNOS/c1-3-17-14(9-6-13(15)19-8-9)11-5-4-10(18-2)7-12(11)16/h4-8,14,17H,3H2,1-2H3. The normalized spacial score (nSPS) is 12.4. The van der Waals surface area contributed by atoms with Crippen LogP contribution in [0.5, 0.6) is 5.75 Å². The van der Waals surface area contributed by atoms with Crippen molar-refractivity contribution in [1.29, 1.82) is 0 Å². The molecular formula is C14H15BrClNOS. The van der Waals surface area contributed by atoms with Crippen LogP contribution in [0.1, 0.15) is 24.1 Å². The summed E-state index contributed by atoms with van der Waals surface area (Å²) in [6, 6.07) is 8.03. The van der Waals surface area contributed by atoms with E-state index in [1.165, 1.54) is 5.56 Å². The average molecular weight is 361 g/mol. The lowest BCUT2D eigenvalue weighted by Crippen LogP contribution is -2.21. The van der Waals surface area contributed by atoms with Crippen LogP contribution in [0.4, 0.5) is 0 Å². The van der Waals surface area contributed by atoms with Gasteiger partial charge in [0.1, 0.15) is 5.75 Å². The summed E-state index contributed by atoms with van der Waals surface area (Å²) in [5.74, 6) is 0.774. The van der Waals surface area contributed by atoms with Gasteiger partial charge in [-0.05, 0) is 57.2 Å². The van der Waals surface area contributed by atoms with Crippen LogP contribution < -0.4 is 10.1 Å². The molecule has 1 N–H and O–H groups in total. The number of hydrogen-bond donors (Lipinski definition) is 1. The molecule has 1 heterocycles. The van der Waals surface area contributed by atoms with Gasteiger partial charge in [-0.3, -0.25) is 0 Å². The summed E-state index contributed by atoms with van der Waals surface area (Å²) < 4.78 is 6.31. The summed E-state index contributed by atoms with van der Waals surface area (Å²) in [4.78, 5) is 0. The van der Waals surface area contributed by atoms with E-state index in [0.717, 1.165) is 21.6 Å². The fourth-order valence-corrected chi connectivity index (χ4v) is 3.44. The lowest BCUT2D eigenvalue weighted by Gasteiger charge is -2.19. The predicted octanol–water partition coefficient (Wildman–Crippen LogP) is 4.87. The zero-order valence-corrected chi connectivity index (χ0v) is 13.9. The molecule has 1 aromatic heterocycles. The Morgan fingerprint density at radius 2 is 2.21 bits per heavy atom. The number of rotatable bonds is 5. The lowest BCUT2D eigenvalue weighted by molar-refractivity contribution is 0.414. The van der Waals surface area contributed by atoms with E-state index >= 15 is 0 Å². The molecule has 0 bridgehead atoms. The molecule has 1 unspecified atom stereocenters. The smallest absolute Gasteiger partial charge is 0.120 e. The van der Waals surface area contributed by atoms with Crippen LogP contribution in [0, 0.1) is 0 Å². The molecular weight excluding hydrogens is 346 g/mol. The van der Waals surface area contributed by atoms with Crippen LogP contribution in [0.2, 0.25) is 5.02 Å². The largest absolute Gasteiger partial charge is 0.497 e. The van der Waals surface area contributed by atoms with Crippen molar-refractivity contribution in [3.8, 4) is 5.75 Å². The van der Waals surface area contributed by atoms with E-state index in [4.69, 9.17) is 16.3 Å². The lowest BCUT2D eigenvalue weighted by atomic mass is 10.0. The van der Waals surface area contributed by atoms with Crippen LogP contribution in [-0.4, -0.2) is 13.7 Å². The minimum absolute atomic E-state index is 0.103. The molecule has 0 saturated heterocycles. The van der Waals surface area contributed by atoms with Gasteiger partial charge in [0.05, 0.1) is 16.9 Å². The molecule has 1 aromatic carbocycles. The van der Waals surface area contributed by atoms with E-state index in [0.29, 0.717) is 5.02 Å². The van der Waals surface area contributed by atoms with E-state index in [9.17, 15) is 0 Å². The van der Waals surface area contributed by atoms with Gasteiger partial charge in [0, 0.05) is 5.02 Å². The minimum atomic E-state index is 0.103. The Labute approximate surface area is 130 Å². The van der Waals surface area contributed by atoms with Crippen molar-refractivity contribution in [1.82, 2.24) is 5.32 Å². The van der Waals surface area contributed by atoms with Gasteiger partial charge in [-0.1, -0.05) is 24.6 Å². The van der Waals surface area contributed by atoms with E-state index in [2.05, 4.69) is 39.6 Å². The molecule has 0 spiro atoms. The first-order valence-corrected chi connectivity index (χ1v) is 8.01. The third kappa shape index (κ3) is 3.51. The molecule has 0 fully saturated rings. The molecule has 2 aromatic rings. The van der Waals surface area contributed by atoms with E-state index in [-0.39, 0.29) is 6.04 Å². The van der Waals surface area contributed by atoms with Gasteiger partial charge in [0.25, 0.3) is 0 Å². The predicted molar refractivity (Wildman–Crippen MR) is 85.5 cm³/mol. The van der Waals surface area contributed by atoms with Gasteiger partial charge >= 0.3 is 0 Å². The molecule has 2 nitrogen and oxygen atoms in total. The molecule has 102 valence electrons. The highest BCUT2D eigenvalue weighted by molar-refractivity contribution is 9.11. The zero-order chi connectivity index (χ0) is 13.8. The van der Waals surface area contributed by atoms with Crippen LogP contribution in [0.3, 0.4) is 0 Å². The summed E-state index contributed by atoms with van der Waals surface area (Å²) in [6.07, 6.45) is 0. The summed E-state index contributed by atoms with van der Waals surface area (Å²) in [5.41, 5.74) is 2.28. The number of ether oxygens (including phenoxy) is 1. The first-order valence-electron chi connectivity index (χ1n) is 5.96. The summed E-state index contributed by atoms with van der Waals surface area (Å²) in [6.45, 7) is 2.96. The summed E-state index contributed by atoms with van der Waals surface area (Å²) in [7, 11) is 1.64. The van der Waals surface area contributed by atoms with Crippen molar-refractivity contribution < 1.29 is 4.74 Å². The van der Waals surface area contributed by atoms with Crippen LogP contribution in [0.15, 0.2) is 33.4 Å². The second-order valence-electron chi connectivity index (χ2n) is 4.06. The van der Waals surface area contributed by atoms with Gasteiger partial charge in [-0.15, -0.1) is 11.3 Å². The first-order chi connectivity index (χ1) is 9.15. The fourth-order valence-electron chi connectivity index (χ4n) is 1.96. The quantitative estimate of drug-likeness (QED) is 0.821. The SMILES string of the molecule is CCNC(c1csc(Br)c1)c1ccc(OC)cc1Cl. The van der Waals surface area contributed by atoms with E-state index < -0.39 is 0 Å². The first kappa shape index (κ1) is 14.9. The fraction of sp³-hybridized carbons (Fsp3) is 0.286. The van der Waals surface area contributed by atoms with Gasteiger partial charge in [-0.25, -0.2) is 0 Å². The number of benzene rings is 1. The molecule has 1 atom stereocenters. The minimum Gasteiger partial charge on any atom is -0.497 e. The van der Waals surface area contributed by atoms with Gasteiger partial charge in [-0.2, -0.15) is 0 Å². The summed E-state index contributed by atoms with van der Waals surface area (Å²) >= 11 is 11.5. The second kappa shape index (κ2) is 6.75. The van der Waals surface area contributed by atoms with Crippen LogP contribution >= 0.6 is 38.9 Å². The van der Waals surface area contributed by atoms with Crippen molar-refractivity contribution in [2.75, 3.05) is 13.7 Å². The van der Waals surface area contributed by atoms with Gasteiger partial charge in [0.2, 0.25) is 0 Å². The molecule has 19 heavy (non-hydrogen) atoms. The molecule has 0 saturated carbocycles. The molecule has 5 heteroatoms. The Hall–Kier alpha value is -0.550. The van der Waals surface area contributed by atoms with E-state index in [1.54, 1.807) is 18.4 Å². The Balaban J connectivity index is 2.39. The highest BCUT2D eigenvalue weighted by atomic mass is 79.9. The highest BCUT2D eigenvalue weighted by Gasteiger charge is 2.17. The van der Waals surface area contributed by atoms with Crippen LogP contribution in [0.25, 0.3) is 0 Å². The molecule has 0 radical (unpaired) electrons. The zero-order valence-electron chi connectivity index (χ0n) is 10.7. The average Bonchev–Trinajstić information content (AvgIpc) is 2.83. The van der Waals surface area contributed by atoms with Crippen molar-refractivity contribution >= 4 is 38.9 Å². The molecule has 0 aliphatic heterocycles. The number of methoxy groups -OCH3 is 1. The Morgan fingerprint density at radius 1 is 1.42 bits per heavy atom. The number of nitrogens with one attached hydrogen (secondary N) is 1. The number of hydrogen-bond acceptors (Lipinski definition) is 3. The number of thiophene rings is 1. The summed E-state index contributed by atoms with van der Waals surface area (Å²) in [5, 5.41) is 6.32. The third-order valence-corrected chi connectivity index (χ3v) is 4.70. The van der Waals surface area contributed by atoms with Gasteiger partial charge in [0.15, 0.2) is 0 Å². The maximum Gasteiger partial charge on any atom is 0.120 e. The van der Waals surface area contributed by atoms with Crippen molar-refractivity contribution in [2.45, 2.75) is 13.0 Å². The molecule has 0 amide bonds. The Morgan fingerprint density at radius 3 is 2.74 bits per heavy atom. The maximum absolute atomic E-state index is 6.37. The Bertz CT molecular complexity index is 558. The maximum atomic E-state index is 6.37. The third-order valence-electron chi connectivity index (χ3n) is 2.85. The Kier molecular flexibility index (Phi) is 5.28. The van der Waals surface area contributed by atoms with Gasteiger partial charge < -0.3 is 10.1 Å². The topological polar surface area (TPSA) is 21.3 Å². The highest BCUT2D eigenvalue weighted by Crippen LogP contribution is 2.34. The van der Waals surface area contributed by atoms with Crippen molar-refractivity contribution in [3.05, 3.63) is 49.6 Å². The monoisotopic (exact) mass is 359 g/mol. The molecule has 0 aliphatic carbocycles.